The van der Waals surface area contributed by atoms with E-state index in [9.17, 15) is 4.79 Å². The Labute approximate surface area is 199 Å². The summed E-state index contributed by atoms with van der Waals surface area (Å²) >= 11 is 4.81. The molecule has 0 aliphatic heterocycles. The summed E-state index contributed by atoms with van der Waals surface area (Å²) in [6, 6.07) is 10.3. The minimum Gasteiger partial charge on any atom is -0.353 e. The summed E-state index contributed by atoms with van der Waals surface area (Å²) in [5, 5.41) is 14.8. The molecule has 1 N–H and O–H groups in total. The van der Waals surface area contributed by atoms with E-state index in [0.717, 1.165) is 45.4 Å². The van der Waals surface area contributed by atoms with Gasteiger partial charge in [-0.25, -0.2) is 9.38 Å². The van der Waals surface area contributed by atoms with Crippen molar-refractivity contribution < 1.29 is 4.79 Å². The number of benzene rings is 1. The molecule has 0 unspecified atom stereocenters. The van der Waals surface area contributed by atoms with E-state index in [1.54, 1.807) is 23.1 Å². The van der Waals surface area contributed by atoms with E-state index in [2.05, 4.69) is 27.6 Å². The zero-order valence-corrected chi connectivity index (χ0v) is 20.6. The van der Waals surface area contributed by atoms with Crippen LogP contribution >= 0.6 is 34.9 Å². The molecule has 1 amide bonds. The highest BCUT2D eigenvalue weighted by molar-refractivity contribution is 8.00. The number of fused-ring (bicyclic) bond motifs is 5. The van der Waals surface area contributed by atoms with Crippen molar-refractivity contribution in [1.82, 2.24) is 24.9 Å². The summed E-state index contributed by atoms with van der Waals surface area (Å²) in [5.74, 6) is 0.302. The highest BCUT2D eigenvalue weighted by atomic mass is 32.2. The third kappa shape index (κ3) is 4.25. The Morgan fingerprint density at radius 1 is 1.19 bits per heavy atom. The number of rotatable bonds is 7. The van der Waals surface area contributed by atoms with Gasteiger partial charge in [-0.2, -0.15) is 0 Å². The van der Waals surface area contributed by atoms with Crippen molar-refractivity contribution in [2.24, 2.45) is 0 Å². The maximum absolute atomic E-state index is 12.6. The van der Waals surface area contributed by atoms with Crippen molar-refractivity contribution in [1.29, 1.82) is 0 Å². The highest BCUT2D eigenvalue weighted by Gasteiger charge is 2.23. The third-order valence-corrected chi connectivity index (χ3v) is 8.46. The van der Waals surface area contributed by atoms with Crippen molar-refractivity contribution in [2.45, 2.75) is 55.4 Å². The fourth-order valence-electron chi connectivity index (χ4n) is 4.30. The fraction of sp³-hybridized carbons (Fsp3) is 0.391. The quantitative estimate of drug-likeness (QED) is 0.301. The maximum atomic E-state index is 12.6. The van der Waals surface area contributed by atoms with Crippen LogP contribution in [0.15, 0.2) is 40.6 Å². The van der Waals surface area contributed by atoms with Gasteiger partial charge in [0.15, 0.2) is 16.0 Å². The molecule has 1 atom stereocenters. The largest absolute Gasteiger partial charge is 0.353 e. The number of hydrogen-bond acceptors (Lipinski definition) is 7. The lowest BCUT2D eigenvalue weighted by atomic mass is 9.97. The molecule has 0 fully saturated rings. The molecule has 1 aliphatic rings. The van der Waals surface area contributed by atoms with Crippen LogP contribution in [0.2, 0.25) is 0 Å². The zero-order chi connectivity index (χ0) is 22.1. The predicted octanol–water partition coefficient (Wildman–Crippen LogP) is 4.78. The van der Waals surface area contributed by atoms with Gasteiger partial charge in [0.2, 0.25) is 5.91 Å². The minimum absolute atomic E-state index is 0.00262. The third-order valence-electron chi connectivity index (χ3n) is 5.71. The van der Waals surface area contributed by atoms with Crippen molar-refractivity contribution >= 4 is 56.6 Å². The van der Waals surface area contributed by atoms with E-state index < -0.39 is 0 Å². The molecule has 0 saturated heterocycles. The Kier molecular flexibility index (Phi) is 6.39. The second kappa shape index (κ2) is 9.41. The molecule has 0 saturated carbocycles. The number of nitrogens with zero attached hydrogens (tertiary/aromatic N) is 4. The Bertz CT molecular complexity index is 1270. The first-order valence-corrected chi connectivity index (χ1v) is 13.9. The van der Waals surface area contributed by atoms with E-state index in [0.29, 0.717) is 5.75 Å². The van der Waals surface area contributed by atoms with Crippen molar-refractivity contribution in [3.8, 4) is 0 Å². The monoisotopic (exact) mass is 483 g/mol. The molecule has 32 heavy (non-hydrogen) atoms. The minimum atomic E-state index is 0.00262. The average Bonchev–Trinajstić information content (AvgIpc) is 3.38. The number of thioether (sulfide) groups is 2. The van der Waals surface area contributed by atoms with Crippen molar-refractivity contribution in [2.75, 3.05) is 12.0 Å². The first-order chi connectivity index (χ1) is 15.6. The number of carbonyl (C=O) groups is 1. The highest BCUT2D eigenvalue weighted by Crippen LogP contribution is 2.39. The lowest BCUT2D eigenvalue weighted by Crippen LogP contribution is -2.35. The SMILES string of the molecule is CSc1nc2sc3c(c2c2nnc(SCC(=O)N[C@H](C)Cc4ccccc4)n12)CCCC3. The van der Waals surface area contributed by atoms with Gasteiger partial charge in [-0.1, -0.05) is 53.9 Å². The van der Waals surface area contributed by atoms with E-state index in [1.807, 2.05) is 35.8 Å². The van der Waals surface area contributed by atoms with Gasteiger partial charge in [0.25, 0.3) is 0 Å². The number of nitrogens with one attached hydrogen (secondary N) is 1. The van der Waals surface area contributed by atoms with Crippen LogP contribution in [0, 0.1) is 0 Å². The van der Waals surface area contributed by atoms with Crippen LogP contribution in [0.1, 0.15) is 35.8 Å². The van der Waals surface area contributed by atoms with Crippen LogP contribution in [0.5, 0.6) is 0 Å². The van der Waals surface area contributed by atoms with Crippen LogP contribution in [-0.4, -0.2) is 43.5 Å². The summed E-state index contributed by atoms with van der Waals surface area (Å²) in [6.07, 6.45) is 7.51. The van der Waals surface area contributed by atoms with Gasteiger partial charge in [0.05, 0.1) is 11.1 Å². The van der Waals surface area contributed by atoms with Crippen LogP contribution < -0.4 is 5.32 Å². The van der Waals surface area contributed by atoms with E-state index in [4.69, 9.17) is 4.98 Å². The molecule has 1 aliphatic carbocycles. The van der Waals surface area contributed by atoms with Gasteiger partial charge in [-0.3, -0.25) is 4.79 Å². The summed E-state index contributed by atoms with van der Waals surface area (Å²) in [4.78, 5) is 20.0. The Balaban J connectivity index is 1.35. The lowest BCUT2D eigenvalue weighted by Gasteiger charge is -2.13. The van der Waals surface area contributed by atoms with E-state index >= 15 is 0 Å². The standard InChI is InChI=1S/C23H25N5OS3/c1-14(12-15-8-4-3-5-9-15)24-18(29)13-31-23-27-26-20-19-16-10-6-7-11-17(16)32-21(19)25-22(30-2)28(20)23/h3-5,8-9,14H,6-7,10-13H2,1-2H3,(H,24,29)/t14-/m1/s1. The molecule has 0 radical (unpaired) electrons. The zero-order valence-electron chi connectivity index (χ0n) is 18.1. The maximum Gasteiger partial charge on any atom is 0.230 e. The van der Waals surface area contributed by atoms with E-state index in [-0.39, 0.29) is 11.9 Å². The van der Waals surface area contributed by atoms with Crippen LogP contribution in [0.25, 0.3) is 15.9 Å². The van der Waals surface area contributed by atoms with Crippen molar-refractivity contribution in [3.63, 3.8) is 0 Å². The molecule has 3 aromatic heterocycles. The lowest BCUT2D eigenvalue weighted by molar-refractivity contribution is -0.119. The second-order valence-electron chi connectivity index (χ2n) is 8.08. The molecular formula is C23H25N5OS3. The summed E-state index contributed by atoms with van der Waals surface area (Å²) in [6.45, 7) is 2.04. The topological polar surface area (TPSA) is 72.2 Å². The fourth-order valence-corrected chi connectivity index (χ4v) is 6.95. The number of aromatic nitrogens is 4. The summed E-state index contributed by atoms with van der Waals surface area (Å²) < 4.78 is 2.03. The molecule has 0 spiro atoms. The van der Waals surface area contributed by atoms with Gasteiger partial charge in [-0.15, -0.1) is 21.5 Å². The molecule has 1 aromatic carbocycles. The molecule has 0 bridgehead atoms. The molecular weight excluding hydrogens is 458 g/mol. The molecule has 4 aromatic rings. The number of carbonyl (C=O) groups excluding carboxylic acids is 1. The smallest absolute Gasteiger partial charge is 0.230 e. The van der Waals surface area contributed by atoms with Gasteiger partial charge in [0.1, 0.15) is 4.83 Å². The first-order valence-electron chi connectivity index (χ1n) is 10.8. The number of thiophene rings is 1. The number of aryl methyl sites for hydroxylation is 2. The van der Waals surface area contributed by atoms with Crippen LogP contribution in [0.4, 0.5) is 0 Å². The summed E-state index contributed by atoms with van der Waals surface area (Å²) in [7, 11) is 0. The van der Waals surface area contributed by atoms with Gasteiger partial charge < -0.3 is 5.32 Å². The Hall–Kier alpha value is -2.10. The molecule has 3 heterocycles. The van der Waals surface area contributed by atoms with Crippen molar-refractivity contribution in [3.05, 3.63) is 46.3 Å². The molecule has 5 rings (SSSR count). The Morgan fingerprint density at radius 3 is 2.81 bits per heavy atom. The number of amides is 1. The molecule has 6 nitrogen and oxygen atoms in total. The normalized spacial score (nSPS) is 14.6. The second-order valence-corrected chi connectivity index (χ2v) is 10.9. The van der Waals surface area contributed by atoms with Gasteiger partial charge in [-0.05, 0) is 56.4 Å². The first kappa shape index (κ1) is 21.7. The summed E-state index contributed by atoms with van der Waals surface area (Å²) in [5.41, 5.74) is 3.49. The van der Waals surface area contributed by atoms with Gasteiger partial charge >= 0.3 is 0 Å². The predicted molar refractivity (Wildman–Crippen MR) is 133 cm³/mol. The van der Waals surface area contributed by atoms with E-state index in [1.165, 1.54) is 40.6 Å². The van der Waals surface area contributed by atoms with Gasteiger partial charge in [0, 0.05) is 10.9 Å². The Morgan fingerprint density at radius 2 is 2.00 bits per heavy atom. The molecule has 9 heteroatoms. The average molecular weight is 484 g/mol. The van der Waals surface area contributed by atoms with Crippen LogP contribution in [0.3, 0.4) is 0 Å². The van der Waals surface area contributed by atoms with Crippen LogP contribution in [-0.2, 0) is 24.1 Å². The number of hydrogen-bond donors (Lipinski definition) is 1. The molecule has 166 valence electrons.